The standard InChI is InChI=1S/C12H6Cl2N2O/c13-8-4-9(14)6-11(5-8)17-12-3-1-2-10(7-15)16-12/h1-6H. The van der Waals surface area contributed by atoms with E-state index in [0.29, 0.717) is 21.7 Å². The van der Waals surface area contributed by atoms with E-state index in [9.17, 15) is 0 Å². The summed E-state index contributed by atoms with van der Waals surface area (Å²) >= 11 is 11.7. The van der Waals surface area contributed by atoms with Gasteiger partial charge in [0.25, 0.3) is 0 Å². The lowest BCUT2D eigenvalue weighted by Crippen LogP contribution is -1.89. The van der Waals surface area contributed by atoms with Crippen molar-refractivity contribution in [3.8, 4) is 17.7 Å². The van der Waals surface area contributed by atoms with Gasteiger partial charge in [-0.2, -0.15) is 5.26 Å². The summed E-state index contributed by atoms with van der Waals surface area (Å²) in [5.74, 6) is 0.799. The monoisotopic (exact) mass is 264 g/mol. The van der Waals surface area contributed by atoms with E-state index < -0.39 is 0 Å². The molecular weight excluding hydrogens is 259 g/mol. The van der Waals surface area contributed by atoms with Crippen molar-refractivity contribution in [1.29, 1.82) is 5.26 Å². The van der Waals surface area contributed by atoms with Crippen LogP contribution in [0, 0.1) is 11.3 Å². The third-order valence-corrected chi connectivity index (χ3v) is 2.33. The zero-order valence-electron chi connectivity index (χ0n) is 8.52. The fourth-order valence-electron chi connectivity index (χ4n) is 1.24. The molecule has 0 radical (unpaired) electrons. The van der Waals surface area contributed by atoms with Crippen LogP contribution in [-0.4, -0.2) is 4.98 Å². The summed E-state index contributed by atoms with van der Waals surface area (Å²) < 4.78 is 5.45. The Labute approximate surface area is 108 Å². The van der Waals surface area contributed by atoms with Crippen LogP contribution in [0.1, 0.15) is 5.69 Å². The van der Waals surface area contributed by atoms with Crippen molar-refractivity contribution in [2.24, 2.45) is 0 Å². The summed E-state index contributed by atoms with van der Waals surface area (Å²) in [6, 6.07) is 11.7. The Morgan fingerprint density at radius 1 is 1.12 bits per heavy atom. The third-order valence-electron chi connectivity index (χ3n) is 1.90. The number of benzene rings is 1. The largest absolute Gasteiger partial charge is 0.439 e. The molecule has 17 heavy (non-hydrogen) atoms. The van der Waals surface area contributed by atoms with E-state index in [1.807, 2.05) is 6.07 Å². The average Bonchev–Trinajstić information content (AvgIpc) is 2.28. The van der Waals surface area contributed by atoms with Crippen LogP contribution < -0.4 is 4.74 Å². The normalized spacial score (nSPS) is 9.71. The number of aromatic nitrogens is 1. The van der Waals surface area contributed by atoms with Crippen LogP contribution in [0.15, 0.2) is 36.4 Å². The van der Waals surface area contributed by atoms with Crippen LogP contribution in [0.4, 0.5) is 0 Å². The molecule has 1 aromatic heterocycles. The Bertz CT molecular complexity index is 573. The number of hydrogen-bond donors (Lipinski definition) is 0. The molecule has 84 valence electrons. The second-order valence-corrected chi connectivity index (χ2v) is 4.05. The number of ether oxygens (including phenoxy) is 1. The van der Waals surface area contributed by atoms with Crippen LogP contribution >= 0.6 is 23.2 Å². The summed E-state index contributed by atoms with van der Waals surface area (Å²) in [4.78, 5) is 3.98. The first-order chi connectivity index (χ1) is 8.17. The number of nitrogens with zero attached hydrogens (tertiary/aromatic N) is 2. The van der Waals surface area contributed by atoms with Crippen molar-refractivity contribution in [3.05, 3.63) is 52.1 Å². The minimum absolute atomic E-state index is 0.288. The molecule has 0 unspecified atom stereocenters. The van der Waals surface area contributed by atoms with Gasteiger partial charge in [0.2, 0.25) is 5.88 Å². The van der Waals surface area contributed by atoms with Crippen LogP contribution in [0.3, 0.4) is 0 Å². The molecule has 5 heteroatoms. The molecular formula is C12H6Cl2N2O. The first-order valence-electron chi connectivity index (χ1n) is 4.68. The van der Waals surface area contributed by atoms with Gasteiger partial charge in [-0.15, -0.1) is 0 Å². The van der Waals surface area contributed by atoms with E-state index in [2.05, 4.69) is 4.98 Å². The highest BCUT2D eigenvalue weighted by molar-refractivity contribution is 6.34. The lowest BCUT2D eigenvalue weighted by molar-refractivity contribution is 0.462. The van der Waals surface area contributed by atoms with E-state index >= 15 is 0 Å². The van der Waals surface area contributed by atoms with Crippen LogP contribution in [0.5, 0.6) is 11.6 Å². The first kappa shape index (κ1) is 11.7. The molecule has 0 aliphatic rings. The zero-order valence-corrected chi connectivity index (χ0v) is 10.0. The topological polar surface area (TPSA) is 45.9 Å². The quantitative estimate of drug-likeness (QED) is 0.822. The lowest BCUT2D eigenvalue weighted by atomic mass is 10.3. The molecule has 0 atom stereocenters. The molecule has 0 aliphatic heterocycles. The minimum Gasteiger partial charge on any atom is -0.439 e. The van der Waals surface area contributed by atoms with Crippen molar-refractivity contribution < 1.29 is 4.74 Å². The van der Waals surface area contributed by atoms with Gasteiger partial charge >= 0.3 is 0 Å². The van der Waals surface area contributed by atoms with Gasteiger partial charge in [-0.05, 0) is 24.3 Å². The maximum Gasteiger partial charge on any atom is 0.220 e. The summed E-state index contributed by atoms with van der Waals surface area (Å²) in [6.07, 6.45) is 0. The molecule has 0 saturated carbocycles. The highest BCUT2D eigenvalue weighted by Gasteiger charge is 2.03. The molecule has 2 rings (SSSR count). The van der Waals surface area contributed by atoms with Crippen LogP contribution in [0.2, 0.25) is 10.0 Å². The van der Waals surface area contributed by atoms with Crippen molar-refractivity contribution in [2.75, 3.05) is 0 Å². The second-order valence-electron chi connectivity index (χ2n) is 3.18. The van der Waals surface area contributed by atoms with Gasteiger partial charge in [-0.1, -0.05) is 29.3 Å². The Balaban J connectivity index is 2.28. The van der Waals surface area contributed by atoms with Gasteiger partial charge in [0.1, 0.15) is 17.5 Å². The molecule has 0 N–H and O–H groups in total. The van der Waals surface area contributed by atoms with Crippen molar-refractivity contribution >= 4 is 23.2 Å². The predicted octanol–water partition coefficient (Wildman–Crippen LogP) is 4.05. The Kier molecular flexibility index (Phi) is 3.48. The third kappa shape index (κ3) is 3.10. The average molecular weight is 265 g/mol. The maximum atomic E-state index is 8.71. The highest BCUT2D eigenvalue weighted by Crippen LogP contribution is 2.27. The lowest BCUT2D eigenvalue weighted by Gasteiger charge is -2.05. The van der Waals surface area contributed by atoms with Gasteiger partial charge in [0, 0.05) is 16.1 Å². The number of halogens is 2. The molecule has 1 aromatic carbocycles. The number of hydrogen-bond acceptors (Lipinski definition) is 3. The Morgan fingerprint density at radius 3 is 2.47 bits per heavy atom. The highest BCUT2D eigenvalue weighted by atomic mass is 35.5. The molecule has 0 saturated heterocycles. The van der Waals surface area contributed by atoms with Gasteiger partial charge in [-0.25, -0.2) is 4.98 Å². The smallest absolute Gasteiger partial charge is 0.220 e. The number of nitriles is 1. The number of pyridine rings is 1. The molecule has 0 spiro atoms. The molecule has 0 bridgehead atoms. The number of rotatable bonds is 2. The first-order valence-corrected chi connectivity index (χ1v) is 5.44. The molecule has 2 aromatic rings. The summed E-state index contributed by atoms with van der Waals surface area (Å²) in [7, 11) is 0. The van der Waals surface area contributed by atoms with Crippen LogP contribution in [-0.2, 0) is 0 Å². The summed E-state index contributed by atoms with van der Waals surface area (Å²) in [5.41, 5.74) is 0.288. The zero-order chi connectivity index (χ0) is 12.3. The summed E-state index contributed by atoms with van der Waals surface area (Å²) in [5, 5.41) is 9.66. The van der Waals surface area contributed by atoms with E-state index in [1.165, 1.54) is 0 Å². The molecule has 1 heterocycles. The van der Waals surface area contributed by atoms with E-state index in [4.69, 9.17) is 33.2 Å². The van der Waals surface area contributed by atoms with Gasteiger partial charge < -0.3 is 4.74 Å². The van der Waals surface area contributed by atoms with Crippen molar-refractivity contribution in [2.45, 2.75) is 0 Å². The van der Waals surface area contributed by atoms with Crippen molar-refractivity contribution in [3.63, 3.8) is 0 Å². The Morgan fingerprint density at radius 2 is 1.82 bits per heavy atom. The summed E-state index contributed by atoms with van der Waals surface area (Å²) in [6.45, 7) is 0. The second kappa shape index (κ2) is 5.05. The fourth-order valence-corrected chi connectivity index (χ4v) is 1.75. The van der Waals surface area contributed by atoms with Crippen molar-refractivity contribution in [1.82, 2.24) is 4.98 Å². The predicted molar refractivity (Wildman–Crippen MR) is 65.5 cm³/mol. The minimum atomic E-state index is 0.288. The van der Waals surface area contributed by atoms with Crippen LogP contribution in [0.25, 0.3) is 0 Å². The van der Waals surface area contributed by atoms with Gasteiger partial charge in [-0.3, -0.25) is 0 Å². The maximum absolute atomic E-state index is 8.71. The van der Waals surface area contributed by atoms with E-state index in [1.54, 1.807) is 36.4 Å². The fraction of sp³-hybridized carbons (Fsp3) is 0. The van der Waals surface area contributed by atoms with Gasteiger partial charge in [0.15, 0.2) is 0 Å². The molecule has 0 amide bonds. The van der Waals surface area contributed by atoms with E-state index in [0.717, 1.165) is 0 Å². The van der Waals surface area contributed by atoms with Gasteiger partial charge in [0.05, 0.1) is 0 Å². The molecule has 3 nitrogen and oxygen atoms in total. The molecule has 0 fully saturated rings. The SMILES string of the molecule is N#Cc1cccc(Oc2cc(Cl)cc(Cl)c2)n1. The molecule has 0 aliphatic carbocycles. The Hall–Kier alpha value is -1.76. The van der Waals surface area contributed by atoms with E-state index in [-0.39, 0.29) is 5.69 Å².